The van der Waals surface area contributed by atoms with Crippen LogP contribution >= 0.6 is 11.6 Å². The Bertz CT molecular complexity index is 1000. The summed E-state index contributed by atoms with van der Waals surface area (Å²) in [6, 6.07) is 20.8. The van der Waals surface area contributed by atoms with Crippen molar-refractivity contribution in [1.82, 2.24) is 0 Å². The van der Waals surface area contributed by atoms with Gasteiger partial charge in [-0.05, 0) is 47.5 Å². The van der Waals surface area contributed by atoms with E-state index < -0.39 is 5.92 Å². The van der Waals surface area contributed by atoms with Crippen LogP contribution in [0.1, 0.15) is 6.42 Å². The van der Waals surface area contributed by atoms with Gasteiger partial charge in [0, 0.05) is 22.9 Å². The van der Waals surface area contributed by atoms with E-state index in [1.54, 1.807) is 29.2 Å². The zero-order valence-electron chi connectivity index (χ0n) is 14.0. The van der Waals surface area contributed by atoms with Crippen LogP contribution in [0.25, 0.3) is 10.8 Å². The van der Waals surface area contributed by atoms with Gasteiger partial charge in [-0.1, -0.05) is 48.0 Å². The third-order valence-corrected chi connectivity index (χ3v) is 4.89. The molecule has 1 N–H and O–H groups in total. The second kappa shape index (κ2) is 6.81. The summed E-state index contributed by atoms with van der Waals surface area (Å²) in [7, 11) is 0. The van der Waals surface area contributed by atoms with E-state index in [0.29, 0.717) is 23.7 Å². The van der Waals surface area contributed by atoms with Crippen molar-refractivity contribution in [3.8, 4) is 0 Å². The smallest absolute Gasteiger partial charge is 0.239 e. The van der Waals surface area contributed by atoms with Gasteiger partial charge >= 0.3 is 0 Å². The number of amides is 2. The molecule has 5 heteroatoms. The molecule has 1 saturated heterocycles. The van der Waals surface area contributed by atoms with Crippen LogP contribution in [0.5, 0.6) is 0 Å². The summed E-state index contributed by atoms with van der Waals surface area (Å²) >= 11 is 5.94. The van der Waals surface area contributed by atoms with Crippen LogP contribution < -0.4 is 10.2 Å². The Morgan fingerprint density at radius 1 is 1.00 bits per heavy atom. The minimum Gasteiger partial charge on any atom is -0.325 e. The first-order valence-corrected chi connectivity index (χ1v) is 8.86. The van der Waals surface area contributed by atoms with Gasteiger partial charge in [0.1, 0.15) is 5.92 Å². The molecule has 3 aromatic carbocycles. The number of halogens is 1. The number of hydrogen-bond acceptors (Lipinski definition) is 2. The minimum atomic E-state index is -0.680. The molecule has 0 spiro atoms. The van der Waals surface area contributed by atoms with Crippen molar-refractivity contribution < 1.29 is 9.59 Å². The highest BCUT2D eigenvalue weighted by Crippen LogP contribution is 2.29. The summed E-state index contributed by atoms with van der Waals surface area (Å²) in [4.78, 5) is 27.0. The maximum absolute atomic E-state index is 12.8. The summed E-state index contributed by atoms with van der Waals surface area (Å²) in [5.74, 6) is -1.14. The minimum absolute atomic E-state index is 0.167. The van der Waals surface area contributed by atoms with Crippen LogP contribution in [0.3, 0.4) is 0 Å². The molecule has 1 fully saturated rings. The Hall–Kier alpha value is -2.85. The Morgan fingerprint density at radius 3 is 2.62 bits per heavy atom. The molecular weight excluding hydrogens is 348 g/mol. The molecule has 1 unspecified atom stereocenters. The molecule has 0 radical (unpaired) electrons. The second-order valence-electron chi connectivity index (χ2n) is 6.36. The third-order valence-electron chi connectivity index (χ3n) is 4.66. The highest BCUT2D eigenvalue weighted by Gasteiger charge is 2.37. The SMILES string of the molecule is O=C(Nc1cccc(Cl)c1)C1CCN(c2ccc3ccccc3c2)C1=O. The molecule has 1 aliphatic rings. The summed E-state index contributed by atoms with van der Waals surface area (Å²) in [6.07, 6.45) is 0.498. The fraction of sp³-hybridized carbons (Fsp3) is 0.143. The number of anilines is 2. The number of carbonyl (C=O) groups excluding carboxylic acids is 2. The fourth-order valence-corrected chi connectivity index (χ4v) is 3.51. The van der Waals surface area contributed by atoms with E-state index in [1.165, 1.54) is 0 Å². The van der Waals surface area contributed by atoms with Crippen molar-refractivity contribution in [2.75, 3.05) is 16.8 Å². The Labute approximate surface area is 156 Å². The number of rotatable bonds is 3. The van der Waals surface area contributed by atoms with Gasteiger partial charge in [0.05, 0.1) is 0 Å². The lowest BCUT2D eigenvalue weighted by molar-refractivity contribution is -0.129. The predicted molar refractivity (Wildman–Crippen MR) is 104 cm³/mol. The van der Waals surface area contributed by atoms with Gasteiger partial charge < -0.3 is 10.2 Å². The normalized spacial score (nSPS) is 16.9. The van der Waals surface area contributed by atoms with Crippen molar-refractivity contribution in [3.05, 3.63) is 71.8 Å². The molecule has 0 aliphatic carbocycles. The Balaban J connectivity index is 1.52. The third kappa shape index (κ3) is 3.16. The maximum atomic E-state index is 12.8. The Kier molecular flexibility index (Phi) is 4.35. The molecule has 4 nitrogen and oxygen atoms in total. The molecule has 1 aliphatic heterocycles. The first-order chi connectivity index (χ1) is 12.6. The standard InChI is InChI=1S/C21H17ClN2O2/c22-16-6-3-7-17(13-16)23-20(25)19-10-11-24(21(19)26)18-9-8-14-4-1-2-5-15(14)12-18/h1-9,12-13,19H,10-11H2,(H,23,25). The first-order valence-electron chi connectivity index (χ1n) is 8.48. The Morgan fingerprint density at radius 2 is 1.81 bits per heavy atom. The van der Waals surface area contributed by atoms with E-state index >= 15 is 0 Å². The van der Waals surface area contributed by atoms with Crippen LogP contribution in [0.4, 0.5) is 11.4 Å². The predicted octanol–water partition coefficient (Wildman–Crippen LogP) is 4.48. The average Bonchev–Trinajstić information content (AvgIpc) is 3.03. The summed E-state index contributed by atoms with van der Waals surface area (Å²) in [6.45, 7) is 0.533. The molecular formula is C21H17ClN2O2. The first kappa shape index (κ1) is 16.6. The highest BCUT2D eigenvalue weighted by atomic mass is 35.5. The quantitative estimate of drug-likeness (QED) is 0.696. The van der Waals surface area contributed by atoms with Gasteiger partial charge in [0.15, 0.2) is 0 Å². The molecule has 0 saturated carbocycles. The van der Waals surface area contributed by atoms with Crippen molar-refractivity contribution in [2.24, 2.45) is 5.92 Å². The lowest BCUT2D eigenvalue weighted by Crippen LogP contribution is -2.33. The highest BCUT2D eigenvalue weighted by molar-refractivity contribution is 6.31. The van der Waals surface area contributed by atoms with E-state index in [4.69, 9.17) is 11.6 Å². The van der Waals surface area contributed by atoms with Crippen LogP contribution in [0, 0.1) is 5.92 Å². The molecule has 3 aromatic rings. The monoisotopic (exact) mass is 364 g/mol. The van der Waals surface area contributed by atoms with E-state index in [0.717, 1.165) is 16.5 Å². The molecule has 0 bridgehead atoms. The van der Waals surface area contributed by atoms with Crippen molar-refractivity contribution in [3.63, 3.8) is 0 Å². The topological polar surface area (TPSA) is 49.4 Å². The summed E-state index contributed by atoms with van der Waals surface area (Å²) in [5.41, 5.74) is 1.42. The zero-order chi connectivity index (χ0) is 18.1. The maximum Gasteiger partial charge on any atom is 0.239 e. The molecule has 2 amide bonds. The van der Waals surface area contributed by atoms with Crippen LogP contribution in [-0.4, -0.2) is 18.4 Å². The van der Waals surface area contributed by atoms with Gasteiger partial charge in [-0.3, -0.25) is 9.59 Å². The van der Waals surface area contributed by atoms with E-state index in [1.807, 2.05) is 42.5 Å². The number of carbonyl (C=O) groups is 2. The molecule has 26 heavy (non-hydrogen) atoms. The van der Waals surface area contributed by atoms with Gasteiger partial charge in [0.2, 0.25) is 11.8 Å². The zero-order valence-corrected chi connectivity index (χ0v) is 14.7. The van der Waals surface area contributed by atoms with Crippen molar-refractivity contribution in [2.45, 2.75) is 6.42 Å². The van der Waals surface area contributed by atoms with Crippen LogP contribution in [0.15, 0.2) is 66.7 Å². The number of benzene rings is 3. The average molecular weight is 365 g/mol. The van der Waals surface area contributed by atoms with Gasteiger partial charge in [-0.2, -0.15) is 0 Å². The van der Waals surface area contributed by atoms with Gasteiger partial charge in [0.25, 0.3) is 0 Å². The number of nitrogens with zero attached hydrogens (tertiary/aromatic N) is 1. The van der Waals surface area contributed by atoms with Crippen LogP contribution in [0.2, 0.25) is 5.02 Å². The molecule has 0 aromatic heterocycles. The molecule has 1 heterocycles. The number of fused-ring (bicyclic) bond motifs is 1. The second-order valence-corrected chi connectivity index (χ2v) is 6.80. The molecule has 130 valence electrons. The lowest BCUT2D eigenvalue weighted by Gasteiger charge is -2.17. The molecule has 1 atom stereocenters. The summed E-state index contributed by atoms with van der Waals surface area (Å²) < 4.78 is 0. The largest absolute Gasteiger partial charge is 0.325 e. The molecule has 4 rings (SSSR count). The van der Waals surface area contributed by atoms with Gasteiger partial charge in [-0.15, -0.1) is 0 Å². The van der Waals surface area contributed by atoms with E-state index in [2.05, 4.69) is 5.32 Å². The van der Waals surface area contributed by atoms with Crippen molar-refractivity contribution in [1.29, 1.82) is 0 Å². The van der Waals surface area contributed by atoms with E-state index in [-0.39, 0.29) is 11.8 Å². The number of hydrogen-bond donors (Lipinski definition) is 1. The summed E-state index contributed by atoms with van der Waals surface area (Å²) in [5, 5.41) is 5.52. The fourth-order valence-electron chi connectivity index (χ4n) is 3.32. The van der Waals surface area contributed by atoms with Crippen LogP contribution in [-0.2, 0) is 9.59 Å². The van der Waals surface area contributed by atoms with Crippen molar-refractivity contribution >= 4 is 45.6 Å². The van der Waals surface area contributed by atoms with Gasteiger partial charge in [-0.25, -0.2) is 0 Å². The lowest BCUT2D eigenvalue weighted by atomic mass is 10.1. The van der Waals surface area contributed by atoms with E-state index in [9.17, 15) is 9.59 Å². The number of nitrogens with one attached hydrogen (secondary N) is 1.